The number of ether oxygens (including phenoxy) is 1. The number of nitrogens with zero attached hydrogens (tertiary/aromatic N) is 2. The van der Waals surface area contributed by atoms with E-state index in [0.29, 0.717) is 12.1 Å². The predicted octanol–water partition coefficient (Wildman–Crippen LogP) is 2.87. The van der Waals surface area contributed by atoms with Crippen LogP contribution in [0.2, 0.25) is 0 Å². The fraction of sp³-hybridized carbons (Fsp3) is 0.947. The summed E-state index contributed by atoms with van der Waals surface area (Å²) >= 11 is 0. The van der Waals surface area contributed by atoms with E-state index < -0.39 is 0 Å². The molecule has 0 aromatic heterocycles. The van der Waals surface area contributed by atoms with Crippen LogP contribution >= 0.6 is 0 Å². The average molecular weight is 341 g/mol. The van der Waals surface area contributed by atoms with Crippen molar-refractivity contribution in [2.45, 2.75) is 72.4 Å². The van der Waals surface area contributed by atoms with Gasteiger partial charge >= 0.3 is 0 Å². The molecule has 1 saturated carbocycles. The van der Waals surface area contributed by atoms with Crippen molar-refractivity contribution in [2.24, 2.45) is 10.9 Å². The molecule has 0 unspecified atom stereocenters. The molecule has 5 nitrogen and oxygen atoms in total. The molecule has 142 valence electrons. The summed E-state index contributed by atoms with van der Waals surface area (Å²) in [4.78, 5) is 7.16. The van der Waals surface area contributed by atoms with E-state index in [-0.39, 0.29) is 0 Å². The molecule has 1 aliphatic carbocycles. The third-order valence-corrected chi connectivity index (χ3v) is 4.32. The second-order valence-corrected chi connectivity index (χ2v) is 7.34. The van der Waals surface area contributed by atoms with Gasteiger partial charge in [-0.3, -0.25) is 9.89 Å². The average Bonchev–Trinajstić information content (AvgIpc) is 3.33. The van der Waals surface area contributed by atoms with Crippen LogP contribution in [0.5, 0.6) is 0 Å². The number of aliphatic imine (C=N–C) groups is 1. The molecule has 0 amide bonds. The highest BCUT2D eigenvalue weighted by Crippen LogP contribution is 2.28. The highest BCUT2D eigenvalue weighted by atomic mass is 16.5. The van der Waals surface area contributed by atoms with Crippen molar-refractivity contribution in [1.29, 1.82) is 0 Å². The SMILES string of the molecule is CCNC(=NCCCOCC1CC1)NCCCN(C(C)C)C(C)C. The molecule has 0 aromatic rings. The first-order valence-electron chi connectivity index (χ1n) is 9.90. The van der Waals surface area contributed by atoms with Crippen LogP contribution in [0, 0.1) is 5.92 Å². The third kappa shape index (κ3) is 10.1. The fourth-order valence-corrected chi connectivity index (χ4v) is 2.81. The number of rotatable bonds is 13. The minimum Gasteiger partial charge on any atom is -0.381 e. The summed E-state index contributed by atoms with van der Waals surface area (Å²) < 4.78 is 5.65. The zero-order valence-electron chi connectivity index (χ0n) is 16.6. The molecule has 1 rings (SSSR count). The minimum atomic E-state index is 0.600. The first-order valence-corrected chi connectivity index (χ1v) is 9.90. The Morgan fingerprint density at radius 1 is 1.12 bits per heavy atom. The van der Waals surface area contributed by atoms with Crippen LogP contribution in [0.1, 0.15) is 60.3 Å². The van der Waals surface area contributed by atoms with Crippen LogP contribution in [0.15, 0.2) is 4.99 Å². The fourth-order valence-electron chi connectivity index (χ4n) is 2.81. The molecule has 0 atom stereocenters. The lowest BCUT2D eigenvalue weighted by molar-refractivity contribution is 0.123. The summed E-state index contributed by atoms with van der Waals surface area (Å²) in [6.45, 7) is 16.8. The van der Waals surface area contributed by atoms with Gasteiger partial charge in [-0.2, -0.15) is 0 Å². The van der Waals surface area contributed by atoms with Crippen LogP contribution in [0.25, 0.3) is 0 Å². The van der Waals surface area contributed by atoms with Gasteiger partial charge in [0.1, 0.15) is 0 Å². The Labute approximate surface area is 149 Å². The van der Waals surface area contributed by atoms with Gasteiger partial charge in [-0.05, 0) is 66.2 Å². The van der Waals surface area contributed by atoms with Crippen molar-refractivity contribution in [3.63, 3.8) is 0 Å². The summed E-state index contributed by atoms with van der Waals surface area (Å²) in [5.41, 5.74) is 0. The molecule has 5 heteroatoms. The van der Waals surface area contributed by atoms with Crippen molar-refractivity contribution in [2.75, 3.05) is 39.4 Å². The van der Waals surface area contributed by atoms with E-state index in [9.17, 15) is 0 Å². The lowest BCUT2D eigenvalue weighted by Gasteiger charge is -2.30. The number of hydrogen-bond donors (Lipinski definition) is 2. The topological polar surface area (TPSA) is 48.9 Å². The first-order chi connectivity index (χ1) is 11.5. The van der Waals surface area contributed by atoms with E-state index in [1.165, 1.54) is 12.8 Å². The number of hydrogen-bond acceptors (Lipinski definition) is 3. The summed E-state index contributed by atoms with van der Waals surface area (Å²) in [5, 5.41) is 6.76. The maximum Gasteiger partial charge on any atom is 0.191 e. The molecular formula is C19H40N4O. The molecule has 0 radical (unpaired) electrons. The third-order valence-electron chi connectivity index (χ3n) is 4.32. The van der Waals surface area contributed by atoms with Gasteiger partial charge in [0.2, 0.25) is 0 Å². The lowest BCUT2D eigenvalue weighted by Crippen LogP contribution is -2.41. The van der Waals surface area contributed by atoms with E-state index in [1.54, 1.807) is 0 Å². The van der Waals surface area contributed by atoms with Gasteiger partial charge in [0, 0.05) is 51.5 Å². The van der Waals surface area contributed by atoms with E-state index in [0.717, 1.165) is 64.1 Å². The van der Waals surface area contributed by atoms with Gasteiger partial charge < -0.3 is 15.4 Å². The molecule has 2 N–H and O–H groups in total. The largest absolute Gasteiger partial charge is 0.381 e. The highest BCUT2D eigenvalue weighted by molar-refractivity contribution is 5.79. The smallest absolute Gasteiger partial charge is 0.191 e. The number of nitrogens with one attached hydrogen (secondary N) is 2. The van der Waals surface area contributed by atoms with Crippen LogP contribution in [-0.2, 0) is 4.74 Å². The van der Waals surface area contributed by atoms with Crippen molar-refractivity contribution in [3.8, 4) is 0 Å². The van der Waals surface area contributed by atoms with Crippen LogP contribution in [0.3, 0.4) is 0 Å². The Kier molecular flexibility index (Phi) is 11.1. The molecule has 0 saturated heterocycles. The normalized spacial score (nSPS) is 15.6. The van der Waals surface area contributed by atoms with Crippen molar-refractivity contribution >= 4 is 5.96 Å². The summed E-state index contributed by atoms with van der Waals surface area (Å²) in [7, 11) is 0. The predicted molar refractivity (Wildman–Crippen MR) is 104 cm³/mol. The van der Waals surface area contributed by atoms with Gasteiger partial charge in [-0.25, -0.2) is 0 Å². The summed E-state index contributed by atoms with van der Waals surface area (Å²) in [5.74, 6) is 1.78. The summed E-state index contributed by atoms with van der Waals surface area (Å²) in [6, 6.07) is 1.20. The van der Waals surface area contributed by atoms with Crippen molar-refractivity contribution < 1.29 is 4.74 Å². The van der Waals surface area contributed by atoms with E-state index in [1.807, 2.05) is 0 Å². The Morgan fingerprint density at radius 3 is 2.42 bits per heavy atom. The zero-order chi connectivity index (χ0) is 17.8. The molecule has 0 bridgehead atoms. The molecular weight excluding hydrogens is 300 g/mol. The molecule has 0 spiro atoms. The van der Waals surface area contributed by atoms with Crippen LogP contribution in [0.4, 0.5) is 0 Å². The van der Waals surface area contributed by atoms with Gasteiger partial charge in [0.15, 0.2) is 5.96 Å². The minimum absolute atomic E-state index is 0.600. The Balaban J connectivity index is 2.14. The van der Waals surface area contributed by atoms with E-state index in [2.05, 4.69) is 55.1 Å². The van der Waals surface area contributed by atoms with Crippen LogP contribution in [-0.4, -0.2) is 62.3 Å². The van der Waals surface area contributed by atoms with Gasteiger partial charge in [-0.15, -0.1) is 0 Å². The first kappa shape index (κ1) is 21.2. The molecule has 1 aliphatic rings. The highest BCUT2D eigenvalue weighted by Gasteiger charge is 2.20. The maximum atomic E-state index is 5.65. The second kappa shape index (κ2) is 12.5. The van der Waals surface area contributed by atoms with Crippen LogP contribution < -0.4 is 10.6 Å². The van der Waals surface area contributed by atoms with Gasteiger partial charge in [0.25, 0.3) is 0 Å². The molecule has 24 heavy (non-hydrogen) atoms. The monoisotopic (exact) mass is 340 g/mol. The Morgan fingerprint density at radius 2 is 1.83 bits per heavy atom. The van der Waals surface area contributed by atoms with Crippen molar-refractivity contribution in [3.05, 3.63) is 0 Å². The molecule has 0 aliphatic heterocycles. The van der Waals surface area contributed by atoms with Gasteiger partial charge in [-0.1, -0.05) is 0 Å². The zero-order valence-corrected chi connectivity index (χ0v) is 16.6. The van der Waals surface area contributed by atoms with Crippen molar-refractivity contribution in [1.82, 2.24) is 15.5 Å². The standard InChI is InChI=1S/C19H40N4O/c1-6-20-19(22-12-8-14-24-15-18-9-10-18)21-11-7-13-23(16(2)3)17(4)5/h16-18H,6-15H2,1-5H3,(H2,20,21,22). The quantitative estimate of drug-likeness (QED) is 0.307. The maximum absolute atomic E-state index is 5.65. The molecule has 0 aromatic carbocycles. The summed E-state index contributed by atoms with van der Waals surface area (Å²) in [6.07, 6.45) is 4.85. The lowest BCUT2D eigenvalue weighted by atomic mass is 10.2. The Bertz CT molecular complexity index is 332. The van der Waals surface area contributed by atoms with E-state index in [4.69, 9.17) is 4.74 Å². The molecule has 1 fully saturated rings. The van der Waals surface area contributed by atoms with Gasteiger partial charge in [0.05, 0.1) is 0 Å². The number of guanidine groups is 1. The second-order valence-electron chi connectivity index (χ2n) is 7.34. The Hall–Kier alpha value is -0.810. The molecule has 0 heterocycles. The van der Waals surface area contributed by atoms with E-state index >= 15 is 0 Å².